The third-order valence-corrected chi connectivity index (χ3v) is 10.3. The SMILES string of the molecule is CCCCCN1CC=C[C@@]23O[C@H]4/C=C\CCC(=O)N(C)[C@@H](C)[C@H](c5ccccc5)OC(=O)[C@H]4[C@@H]2C(=O)N([C@@H](CO)C(C)C)[C@H]3C1=O. The maximum Gasteiger partial charge on any atom is 0.313 e. The van der Waals surface area contributed by atoms with Crippen molar-refractivity contribution >= 4 is 23.7 Å². The quantitative estimate of drug-likeness (QED) is 0.263. The number of hydrogen-bond acceptors (Lipinski definition) is 7. The molecular formula is C36H49N3O7. The second-order valence-corrected chi connectivity index (χ2v) is 13.5. The number of esters is 1. The number of ether oxygens (including phenoxy) is 2. The van der Waals surface area contributed by atoms with Gasteiger partial charge in [0.25, 0.3) is 0 Å². The zero-order valence-corrected chi connectivity index (χ0v) is 27.7. The van der Waals surface area contributed by atoms with Crippen LogP contribution in [0, 0.1) is 17.8 Å². The first-order chi connectivity index (χ1) is 22.1. The Morgan fingerprint density at radius 1 is 1.04 bits per heavy atom. The van der Waals surface area contributed by atoms with Crippen molar-refractivity contribution < 1.29 is 33.8 Å². The summed E-state index contributed by atoms with van der Waals surface area (Å²) in [4.78, 5) is 61.7. The van der Waals surface area contributed by atoms with Crippen LogP contribution in [-0.2, 0) is 28.7 Å². The van der Waals surface area contributed by atoms with Crippen LogP contribution in [0.1, 0.15) is 71.5 Å². The molecule has 0 saturated carbocycles. The van der Waals surface area contributed by atoms with E-state index >= 15 is 0 Å². The van der Waals surface area contributed by atoms with Crippen molar-refractivity contribution in [1.29, 1.82) is 0 Å². The number of unbranched alkanes of at least 4 members (excludes halogenated alkanes) is 2. The number of likely N-dealkylation sites (tertiary alicyclic amines) is 1. The van der Waals surface area contributed by atoms with E-state index in [1.807, 2.05) is 69.3 Å². The van der Waals surface area contributed by atoms with Crippen LogP contribution in [0.4, 0.5) is 0 Å². The number of likely N-dealkylation sites (N-methyl/N-ethyl adjacent to an activating group) is 1. The Kier molecular flexibility index (Phi) is 10.4. The molecule has 4 aliphatic rings. The van der Waals surface area contributed by atoms with Crippen molar-refractivity contribution in [2.24, 2.45) is 17.8 Å². The molecular weight excluding hydrogens is 586 g/mol. The molecule has 1 N–H and O–H groups in total. The molecule has 0 aromatic heterocycles. The summed E-state index contributed by atoms with van der Waals surface area (Å²) in [6.45, 7) is 8.34. The fourth-order valence-electron chi connectivity index (χ4n) is 7.61. The van der Waals surface area contributed by atoms with Gasteiger partial charge in [-0.15, -0.1) is 0 Å². The lowest BCUT2D eigenvalue weighted by Crippen LogP contribution is -2.59. The lowest BCUT2D eigenvalue weighted by molar-refractivity contribution is -0.165. The van der Waals surface area contributed by atoms with Crippen molar-refractivity contribution in [3.63, 3.8) is 0 Å². The topological polar surface area (TPSA) is 117 Å². The fourth-order valence-corrected chi connectivity index (χ4v) is 7.61. The third kappa shape index (κ3) is 6.01. The highest BCUT2D eigenvalue weighted by Gasteiger charge is 2.72. The van der Waals surface area contributed by atoms with Gasteiger partial charge in [0.05, 0.1) is 30.7 Å². The van der Waals surface area contributed by atoms with E-state index in [1.165, 1.54) is 4.90 Å². The zero-order valence-electron chi connectivity index (χ0n) is 27.7. The third-order valence-electron chi connectivity index (χ3n) is 10.3. The van der Waals surface area contributed by atoms with Crippen LogP contribution in [0.3, 0.4) is 0 Å². The summed E-state index contributed by atoms with van der Waals surface area (Å²) in [5.41, 5.74) is -0.708. The number of fused-ring (bicyclic) bond motifs is 2. The van der Waals surface area contributed by atoms with Gasteiger partial charge in [0, 0.05) is 26.6 Å². The molecule has 4 heterocycles. The number of aliphatic hydroxyl groups excluding tert-OH is 1. The van der Waals surface area contributed by atoms with Crippen molar-refractivity contribution in [2.75, 3.05) is 26.7 Å². The highest BCUT2D eigenvalue weighted by molar-refractivity contribution is 5.99. The maximum atomic E-state index is 14.7. The lowest BCUT2D eigenvalue weighted by atomic mass is 9.77. The Morgan fingerprint density at radius 2 is 1.78 bits per heavy atom. The number of cyclic esters (lactones) is 1. The van der Waals surface area contributed by atoms with Gasteiger partial charge in [-0.05, 0) is 31.2 Å². The monoisotopic (exact) mass is 635 g/mol. The van der Waals surface area contributed by atoms with Crippen LogP contribution in [0.15, 0.2) is 54.6 Å². The molecule has 1 aromatic carbocycles. The summed E-state index contributed by atoms with van der Waals surface area (Å²) in [6.07, 6.45) is 9.07. The molecule has 0 aliphatic carbocycles. The summed E-state index contributed by atoms with van der Waals surface area (Å²) < 4.78 is 13.1. The van der Waals surface area contributed by atoms with Gasteiger partial charge in [-0.25, -0.2) is 0 Å². The van der Waals surface area contributed by atoms with E-state index in [1.54, 1.807) is 22.9 Å². The minimum atomic E-state index is -1.44. The summed E-state index contributed by atoms with van der Waals surface area (Å²) >= 11 is 0. The summed E-state index contributed by atoms with van der Waals surface area (Å²) in [6, 6.07) is 7.10. The van der Waals surface area contributed by atoms with Crippen LogP contribution < -0.4 is 0 Å². The van der Waals surface area contributed by atoms with Gasteiger partial charge in [-0.2, -0.15) is 0 Å². The molecule has 4 aliphatic heterocycles. The molecule has 0 unspecified atom stereocenters. The van der Waals surface area contributed by atoms with Crippen molar-refractivity contribution in [3.8, 4) is 0 Å². The number of hydrogen-bond donors (Lipinski definition) is 1. The number of allylic oxidation sites excluding steroid dienone is 1. The number of rotatable bonds is 8. The Labute approximate surface area is 272 Å². The first-order valence-corrected chi connectivity index (χ1v) is 16.8. The number of aliphatic hydroxyl groups is 1. The van der Waals surface area contributed by atoms with Gasteiger partial charge >= 0.3 is 5.97 Å². The number of carbonyl (C=O) groups is 4. The molecule has 1 spiro atoms. The van der Waals surface area contributed by atoms with E-state index in [2.05, 4.69) is 6.92 Å². The van der Waals surface area contributed by atoms with Crippen LogP contribution in [0.25, 0.3) is 0 Å². The molecule has 250 valence electrons. The van der Waals surface area contributed by atoms with Gasteiger partial charge in [0.2, 0.25) is 17.7 Å². The van der Waals surface area contributed by atoms with Gasteiger partial charge in [-0.1, -0.05) is 88.2 Å². The smallest absolute Gasteiger partial charge is 0.313 e. The number of carbonyl (C=O) groups excluding carboxylic acids is 4. The molecule has 2 saturated heterocycles. The molecule has 10 heteroatoms. The second-order valence-electron chi connectivity index (χ2n) is 13.5. The number of nitrogens with zero attached hydrogens (tertiary/aromatic N) is 3. The van der Waals surface area contributed by atoms with E-state index in [9.17, 15) is 24.3 Å². The fraction of sp³-hybridized carbons (Fsp3) is 0.611. The van der Waals surface area contributed by atoms with E-state index in [-0.39, 0.29) is 30.8 Å². The van der Waals surface area contributed by atoms with E-state index in [4.69, 9.17) is 9.47 Å². The minimum absolute atomic E-state index is 0.0795. The normalized spacial score (nSPS) is 33.2. The largest absolute Gasteiger partial charge is 0.455 e. The first kappa shape index (κ1) is 33.9. The Balaban J connectivity index is 1.61. The molecule has 46 heavy (non-hydrogen) atoms. The zero-order chi connectivity index (χ0) is 33.2. The Bertz CT molecular complexity index is 1350. The minimum Gasteiger partial charge on any atom is -0.455 e. The first-order valence-electron chi connectivity index (χ1n) is 16.8. The number of amides is 3. The van der Waals surface area contributed by atoms with Crippen LogP contribution >= 0.6 is 0 Å². The Morgan fingerprint density at radius 3 is 2.46 bits per heavy atom. The van der Waals surface area contributed by atoms with Crippen molar-refractivity contribution in [2.45, 2.75) is 95.7 Å². The predicted octanol–water partition coefficient (Wildman–Crippen LogP) is 3.65. The van der Waals surface area contributed by atoms with Gasteiger partial charge in [-0.3, -0.25) is 19.2 Å². The van der Waals surface area contributed by atoms with Gasteiger partial charge < -0.3 is 29.3 Å². The van der Waals surface area contributed by atoms with E-state index in [0.717, 1.165) is 24.8 Å². The standard InChI is InChI=1S/C36H49N3O7/c1-6-7-13-20-38-21-14-19-36-30(33(42)39(32(36)34(38)43)26(22-40)23(2)3)29-27(46-36)17-11-12-18-28(41)37(5)24(4)31(45-35(29)44)25-15-9-8-10-16-25/h8-11,14-17,19,23-24,26-27,29-32,40H,6-7,12-13,18,20-22H2,1-5H3/b17-11-/t24-,26-,27-,29+,30+,31+,32-,36+/m0/s1. The molecule has 3 amide bonds. The average molecular weight is 636 g/mol. The molecule has 10 nitrogen and oxygen atoms in total. The maximum absolute atomic E-state index is 14.7. The van der Waals surface area contributed by atoms with Crippen LogP contribution in [0.5, 0.6) is 0 Å². The van der Waals surface area contributed by atoms with Gasteiger partial charge in [0.15, 0.2) is 0 Å². The molecule has 1 aromatic rings. The van der Waals surface area contributed by atoms with Crippen molar-refractivity contribution in [3.05, 3.63) is 60.2 Å². The predicted molar refractivity (Wildman–Crippen MR) is 172 cm³/mol. The molecule has 5 rings (SSSR count). The molecule has 8 atom stereocenters. The Hall–Kier alpha value is -3.50. The van der Waals surface area contributed by atoms with E-state index < -0.39 is 59.6 Å². The lowest BCUT2D eigenvalue weighted by Gasteiger charge is -2.40. The summed E-state index contributed by atoms with van der Waals surface area (Å²) in [7, 11) is 1.71. The van der Waals surface area contributed by atoms with Gasteiger partial charge in [0.1, 0.15) is 23.7 Å². The molecule has 0 radical (unpaired) electrons. The molecule has 2 fully saturated rings. The average Bonchev–Trinajstić information content (AvgIpc) is 3.43. The highest BCUT2D eigenvalue weighted by Crippen LogP contribution is 2.54. The summed E-state index contributed by atoms with van der Waals surface area (Å²) in [5, 5.41) is 10.5. The molecule has 0 bridgehead atoms. The van der Waals surface area contributed by atoms with Crippen molar-refractivity contribution in [1.82, 2.24) is 14.7 Å². The summed E-state index contributed by atoms with van der Waals surface area (Å²) in [5.74, 6) is -3.59. The highest BCUT2D eigenvalue weighted by atomic mass is 16.6. The second kappa shape index (κ2) is 14.1. The number of benzene rings is 1. The van der Waals surface area contributed by atoms with E-state index in [0.29, 0.717) is 19.5 Å². The van der Waals surface area contributed by atoms with Crippen LogP contribution in [0.2, 0.25) is 0 Å². The van der Waals surface area contributed by atoms with Crippen LogP contribution in [-0.4, -0.2) is 100 Å².